The second-order valence-electron chi connectivity index (χ2n) is 7.74. The van der Waals surface area contributed by atoms with Crippen LogP contribution in [0.4, 0.5) is 9.93 Å². The van der Waals surface area contributed by atoms with E-state index in [-0.39, 0.29) is 6.09 Å². The van der Waals surface area contributed by atoms with Crippen molar-refractivity contribution in [3.8, 4) is 0 Å². The molecule has 1 heterocycles. The second kappa shape index (κ2) is 13.0. The summed E-state index contributed by atoms with van der Waals surface area (Å²) in [5.41, 5.74) is 0. The molecule has 0 aliphatic carbocycles. The van der Waals surface area contributed by atoms with Crippen molar-refractivity contribution in [2.75, 3.05) is 11.9 Å². The van der Waals surface area contributed by atoms with Crippen molar-refractivity contribution in [3.05, 3.63) is 6.20 Å². The topological polar surface area (TPSA) is 51.2 Å². The van der Waals surface area contributed by atoms with Crippen LogP contribution in [0.5, 0.6) is 0 Å². The molecular weight excluding hydrogens is 451 g/mol. The minimum absolute atomic E-state index is 0.341. The number of anilines is 1. The third-order valence-electron chi connectivity index (χ3n) is 4.81. The van der Waals surface area contributed by atoms with E-state index in [1.165, 1.54) is 54.7 Å². The van der Waals surface area contributed by atoms with E-state index < -0.39 is 18.4 Å². The van der Waals surface area contributed by atoms with E-state index in [2.05, 4.69) is 37.3 Å². The quantitative estimate of drug-likeness (QED) is 0.326. The summed E-state index contributed by atoms with van der Waals surface area (Å²) in [7, 11) is 0. The van der Waals surface area contributed by atoms with Gasteiger partial charge < -0.3 is 0 Å². The van der Waals surface area contributed by atoms with Crippen molar-refractivity contribution < 1.29 is 9.53 Å². The van der Waals surface area contributed by atoms with Crippen LogP contribution in [0.2, 0.25) is 13.3 Å². The van der Waals surface area contributed by atoms with Crippen LogP contribution in [-0.2, 0) is 4.74 Å². The zero-order valence-corrected chi connectivity index (χ0v) is 21.1. The number of aromatic nitrogens is 1. The first-order valence-corrected chi connectivity index (χ1v) is 18.7. The third-order valence-corrected chi connectivity index (χ3v) is 23.9. The summed E-state index contributed by atoms with van der Waals surface area (Å²) in [5, 5.41) is 3.55. The summed E-state index contributed by atoms with van der Waals surface area (Å²) < 4.78 is 11.0. The molecule has 0 aliphatic heterocycles. The normalized spacial score (nSPS) is 11.8. The molecule has 4 nitrogen and oxygen atoms in total. The van der Waals surface area contributed by atoms with Crippen molar-refractivity contribution in [2.45, 2.75) is 86.5 Å². The number of hydrogen-bond donors (Lipinski definition) is 1. The first-order valence-electron chi connectivity index (χ1n) is 10.4. The first kappa shape index (κ1) is 23.7. The van der Waals surface area contributed by atoms with Crippen LogP contribution >= 0.6 is 11.3 Å². The van der Waals surface area contributed by atoms with Gasteiger partial charge in [0.2, 0.25) is 0 Å². The molecule has 1 aromatic rings. The van der Waals surface area contributed by atoms with E-state index in [0.29, 0.717) is 17.7 Å². The van der Waals surface area contributed by atoms with E-state index in [1.807, 2.05) is 13.8 Å². The number of ether oxygens (including phenoxy) is 1. The molecule has 1 amide bonds. The van der Waals surface area contributed by atoms with Crippen LogP contribution in [0.25, 0.3) is 0 Å². The molecule has 0 unspecified atom stereocenters. The molecular formula is C20H38N2O2SSn. The Bertz CT molecular complexity index is 498. The number of nitrogens with zero attached hydrogens (tertiary/aromatic N) is 1. The van der Waals surface area contributed by atoms with Crippen molar-refractivity contribution in [2.24, 2.45) is 5.92 Å². The van der Waals surface area contributed by atoms with Crippen LogP contribution in [0, 0.1) is 5.92 Å². The van der Waals surface area contributed by atoms with Crippen LogP contribution in [-0.4, -0.2) is 36.1 Å². The summed E-state index contributed by atoms with van der Waals surface area (Å²) in [6.07, 6.45) is 9.50. The minimum atomic E-state index is -2.43. The maximum atomic E-state index is 11.9. The molecule has 0 saturated heterocycles. The van der Waals surface area contributed by atoms with Gasteiger partial charge in [0, 0.05) is 0 Å². The van der Waals surface area contributed by atoms with E-state index >= 15 is 0 Å². The molecule has 0 atom stereocenters. The van der Waals surface area contributed by atoms with E-state index in [0.717, 1.165) is 0 Å². The fraction of sp³-hybridized carbons (Fsp3) is 0.800. The predicted octanol–water partition coefficient (Wildman–Crippen LogP) is 6.40. The van der Waals surface area contributed by atoms with Gasteiger partial charge in [-0.15, -0.1) is 0 Å². The molecule has 0 aliphatic rings. The SMILES string of the molecule is CCC[CH2][Sn]([CH2]CCC)([CH2]CCC)[c]1cnc(NC(=O)OCC(C)C)s1. The van der Waals surface area contributed by atoms with Crippen molar-refractivity contribution in [3.63, 3.8) is 0 Å². The number of carbonyl (C=O) groups is 1. The number of amides is 1. The maximum absolute atomic E-state index is 11.9. The van der Waals surface area contributed by atoms with Gasteiger partial charge in [0.25, 0.3) is 0 Å². The summed E-state index contributed by atoms with van der Waals surface area (Å²) >= 11 is -0.708. The average molecular weight is 489 g/mol. The van der Waals surface area contributed by atoms with Crippen molar-refractivity contribution in [1.29, 1.82) is 0 Å². The Morgan fingerprint density at radius 3 is 2.12 bits per heavy atom. The molecule has 0 aromatic carbocycles. The summed E-state index contributed by atoms with van der Waals surface area (Å²) in [5.74, 6) is 0.341. The molecule has 0 radical (unpaired) electrons. The molecule has 1 aromatic heterocycles. The Morgan fingerprint density at radius 2 is 1.65 bits per heavy atom. The molecule has 26 heavy (non-hydrogen) atoms. The second-order valence-corrected chi connectivity index (χ2v) is 22.9. The third kappa shape index (κ3) is 8.15. The Labute approximate surface area is 168 Å². The molecule has 0 fully saturated rings. The van der Waals surface area contributed by atoms with Gasteiger partial charge in [-0.2, -0.15) is 0 Å². The van der Waals surface area contributed by atoms with Crippen LogP contribution < -0.4 is 8.21 Å². The summed E-state index contributed by atoms with van der Waals surface area (Å²) in [6.45, 7) is 11.4. The number of thiazole rings is 1. The molecule has 0 saturated carbocycles. The number of rotatable bonds is 13. The molecule has 0 bridgehead atoms. The Hall–Kier alpha value is -0.301. The van der Waals surface area contributed by atoms with Gasteiger partial charge in [-0.3, -0.25) is 0 Å². The Morgan fingerprint density at radius 1 is 1.12 bits per heavy atom. The van der Waals surface area contributed by atoms with Gasteiger partial charge >= 0.3 is 169 Å². The Balaban J connectivity index is 2.91. The fourth-order valence-corrected chi connectivity index (χ4v) is 22.8. The van der Waals surface area contributed by atoms with Crippen molar-refractivity contribution in [1.82, 2.24) is 4.98 Å². The average Bonchev–Trinajstić information content (AvgIpc) is 3.08. The van der Waals surface area contributed by atoms with Crippen molar-refractivity contribution >= 4 is 43.8 Å². The molecule has 150 valence electrons. The van der Waals surface area contributed by atoms with Gasteiger partial charge in [0.15, 0.2) is 0 Å². The predicted molar refractivity (Wildman–Crippen MR) is 116 cm³/mol. The van der Waals surface area contributed by atoms with E-state index in [1.54, 1.807) is 11.3 Å². The zero-order valence-electron chi connectivity index (χ0n) is 17.4. The van der Waals surface area contributed by atoms with E-state index in [9.17, 15) is 4.79 Å². The standard InChI is InChI=1S/C8H11N2O2S.3C4H9.Sn/c1-6(2)5-12-8(11)10-7-9-3-4-13-7;3*1-3-4-2;/h3,6H,5H2,1-2H3,(H,9,10,11);3*1,3-4H2,2H3;. The van der Waals surface area contributed by atoms with Gasteiger partial charge in [-0.25, -0.2) is 0 Å². The first-order chi connectivity index (χ1) is 12.5. The zero-order chi connectivity index (χ0) is 19.4. The van der Waals surface area contributed by atoms with Crippen LogP contribution in [0.15, 0.2) is 6.20 Å². The molecule has 6 heteroatoms. The van der Waals surface area contributed by atoms with Gasteiger partial charge in [-0.1, -0.05) is 0 Å². The van der Waals surface area contributed by atoms with Crippen LogP contribution in [0.3, 0.4) is 0 Å². The fourth-order valence-electron chi connectivity index (χ4n) is 3.23. The van der Waals surface area contributed by atoms with Gasteiger partial charge in [0.05, 0.1) is 0 Å². The Kier molecular flexibility index (Phi) is 11.8. The monoisotopic (exact) mass is 490 g/mol. The van der Waals surface area contributed by atoms with Gasteiger partial charge in [0.1, 0.15) is 0 Å². The molecule has 1 rings (SSSR count). The number of nitrogens with one attached hydrogen (secondary N) is 1. The summed E-state index contributed by atoms with van der Waals surface area (Å²) in [4.78, 5) is 16.5. The number of hydrogen-bond acceptors (Lipinski definition) is 4. The number of carbonyl (C=O) groups excluding carboxylic acids is 1. The van der Waals surface area contributed by atoms with E-state index in [4.69, 9.17) is 4.74 Å². The van der Waals surface area contributed by atoms with Gasteiger partial charge in [-0.05, 0) is 0 Å². The molecule has 0 spiro atoms. The van der Waals surface area contributed by atoms with Crippen LogP contribution in [0.1, 0.15) is 73.1 Å². The number of unbranched alkanes of at least 4 members (excludes halogenated alkanes) is 3. The molecule has 1 N–H and O–H groups in total. The summed E-state index contributed by atoms with van der Waals surface area (Å²) in [6, 6.07) is 0.